The highest BCUT2D eigenvalue weighted by molar-refractivity contribution is 5.73. The topological polar surface area (TPSA) is 125 Å². The van der Waals surface area contributed by atoms with Gasteiger partial charge in [-0.25, -0.2) is 4.98 Å². The lowest BCUT2D eigenvalue weighted by Crippen LogP contribution is -2.29. The zero-order valence-electron chi connectivity index (χ0n) is 15.5. The maximum absolute atomic E-state index is 11.0. The predicted molar refractivity (Wildman–Crippen MR) is 99.7 cm³/mol. The van der Waals surface area contributed by atoms with E-state index in [1.54, 1.807) is 18.3 Å². The summed E-state index contributed by atoms with van der Waals surface area (Å²) >= 11 is 0. The van der Waals surface area contributed by atoms with E-state index in [4.69, 9.17) is 10.2 Å². The molecule has 148 valence electrons. The number of H-pyrrole nitrogens is 1. The van der Waals surface area contributed by atoms with E-state index in [-0.39, 0.29) is 18.2 Å². The van der Waals surface area contributed by atoms with E-state index in [9.17, 15) is 15.0 Å². The van der Waals surface area contributed by atoms with Crippen molar-refractivity contribution in [1.29, 1.82) is 0 Å². The number of hydrogen-bond donors (Lipinski definition) is 4. The Morgan fingerprint density at radius 2 is 2.11 bits per heavy atom. The number of aromatic nitrogens is 2. The van der Waals surface area contributed by atoms with Crippen LogP contribution >= 0.6 is 0 Å². The summed E-state index contributed by atoms with van der Waals surface area (Å²) in [5.41, 5.74) is 6.02. The maximum Gasteiger partial charge on any atom is 0.217 e. The molecule has 7 nitrogen and oxygen atoms in total. The SMILES string of the molecule is NC(=O)CCc1cnc([C@H](CC2CCCCC2)[C@@H](O)C(O)c2ccco2)[nH]1. The molecular formula is C20H29N3O4. The number of aromatic amines is 1. The highest BCUT2D eigenvalue weighted by atomic mass is 16.4. The molecule has 0 spiro atoms. The largest absolute Gasteiger partial charge is 0.466 e. The van der Waals surface area contributed by atoms with Crippen LogP contribution in [-0.4, -0.2) is 32.2 Å². The van der Waals surface area contributed by atoms with Gasteiger partial charge in [-0.2, -0.15) is 0 Å². The Hall–Kier alpha value is -2.12. The van der Waals surface area contributed by atoms with Gasteiger partial charge in [-0.3, -0.25) is 4.79 Å². The predicted octanol–water partition coefficient (Wildman–Crippen LogP) is 2.57. The molecule has 0 aromatic carbocycles. The number of aryl methyl sites for hydroxylation is 1. The lowest BCUT2D eigenvalue weighted by atomic mass is 9.79. The molecule has 2 heterocycles. The van der Waals surface area contributed by atoms with Gasteiger partial charge in [0.15, 0.2) is 0 Å². The standard InChI is InChI=1S/C20H29N3O4/c21-17(24)9-8-14-12-22-20(23-14)15(11-13-5-2-1-3-6-13)18(25)19(26)16-7-4-10-27-16/h4,7,10,12-13,15,18-19,25-26H,1-3,5-6,8-9,11H2,(H2,21,24)(H,22,23)/t15-,18-,19?/m1/s1. The van der Waals surface area contributed by atoms with E-state index in [1.165, 1.54) is 25.5 Å². The lowest BCUT2D eigenvalue weighted by molar-refractivity contribution is -0.118. The summed E-state index contributed by atoms with van der Waals surface area (Å²) in [6.45, 7) is 0. The van der Waals surface area contributed by atoms with Gasteiger partial charge in [0.1, 0.15) is 17.7 Å². The molecule has 3 atom stereocenters. The van der Waals surface area contributed by atoms with Gasteiger partial charge in [-0.1, -0.05) is 32.1 Å². The van der Waals surface area contributed by atoms with Crippen molar-refractivity contribution in [1.82, 2.24) is 9.97 Å². The zero-order valence-corrected chi connectivity index (χ0v) is 15.5. The second-order valence-corrected chi connectivity index (χ2v) is 7.56. The average Bonchev–Trinajstić information content (AvgIpc) is 3.36. The molecule has 2 aromatic heterocycles. The minimum atomic E-state index is -1.12. The minimum Gasteiger partial charge on any atom is -0.466 e. The number of aliphatic hydroxyl groups excluding tert-OH is 2. The third-order valence-electron chi connectivity index (χ3n) is 5.52. The number of primary amides is 1. The summed E-state index contributed by atoms with van der Waals surface area (Å²) in [6.07, 6.45) is 8.42. The van der Waals surface area contributed by atoms with E-state index in [0.29, 0.717) is 23.9 Å². The molecule has 1 aliphatic rings. The van der Waals surface area contributed by atoms with Gasteiger partial charge in [0.25, 0.3) is 0 Å². The molecule has 0 aliphatic heterocycles. The number of carbonyl (C=O) groups excluding carboxylic acids is 1. The molecule has 1 saturated carbocycles. The summed E-state index contributed by atoms with van der Waals surface area (Å²) in [7, 11) is 0. The summed E-state index contributed by atoms with van der Waals surface area (Å²) in [5, 5.41) is 21.5. The molecule has 3 rings (SSSR count). The Morgan fingerprint density at radius 1 is 1.33 bits per heavy atom. The zero-order chi connectivity index (χ0) is 19.2. The van der Waals surface area contributed by atoms with E-state index in [0.717, 1.165) is 25.0 Å². The van der Waals surface area contributed by atoms with Crippen LogP contribution in [0.2, 0.25) is 0 Å². The van der Waals surface area contributed by atoms with Crippen LogP contribution in [0.1, 0.15) is 74.2 Å². The fraction of sp³-hybridized carbons (Fsp3) is 0.600. The number of hydrogen-bond acceptors (Lipinski definition) is 5. The first-order chi connectivity index (χ1) is 13.0. The number of aliphatic hydroxyl groups is 2. The quantitative estimate of drug-likeness (QED) is 0.536. The average molecular weight is 375 g/mol. The van der Waals surface area contributed by atoms with Crippen LogP contribution < -0.4 is 5.73 Å². The summed E-state index contributed by atoms with van der Waals surface area (Å²) in [4.78, 5) is 18.7. The van der Waals surface area contributed by atoms with Crippen molar-refractivity contribution >= 4 is 5.91 Å². The minimum absolute atomic E-state index is 0.243. The number of furan rings is 1. The molecule has 2 aromatic rings. The van der Waals surface area contributed by atoms with E-state index >= 15 is 0 Å². The number of imidazole rings is 1. The molecule has 1 fully saturated rings. The fourth-order valence-corrected chi connectivity index (χ4v) is 3.99. The van der Waals surface area contributed by atoms with Crippen molar-refractivity contribution in [2.24, 2.45) is 11.7 Å². The normalized spacial score (nSPS) is 18.9. The fourth-order valence-electron chi connectivity index (χ4n) is 3.99. The molecule has 0 radical (unpaired) electrons. The van der Waals surface area contributed by atoms with Crippen molar-refractivity contribution in [2.45, 2.75) is 69.5 Å². The van der Waals surface area contributed by atoms with Crippen molar-refractivity contribution in [3.63, 3.8) is 0 Å². The first-order valence-electron chi connectivity index (χ1n) is 9.76. The summed E-state index contributed by atoms with van der Waals surface area (Å²) in [5.74, 6) is 0.782. The number of nitrogens with zero attached hydrogens (tertiary/aromatic N) is 1. The third kappa shape index (κ3) is 5.20. The molecule has 0 saturated heterocycles. The second-order valence-electron chi connectivity index (χ2n) is 7.56. The van der Waals surface area contributed by atoms with E-state index in [1.807, 2.05) is 0 Å². The van der Waals surface area contributed by atoms with Crippen molar-refractivity contribution in [3.8, 4) is 0 Å². The van der Waals surface area contributed by atoms with Crippen molar-refractivity contribution in [2.75, 3.05) is 0 Å². The van der Waals surface area contributed by atoms with Crippen molar-refractivity contribution in [3.05, 3.63) is 41.9 Å². The van der Waals surface area contributed by atoms with Gasteiger partial charge in [0, 0.05) is 24.2 Å². The monoisotopic (exact) mass is 375 g/mol. The van der Waals surface area contributed by atoms with Crippen molar-refractivity contribution < 1.29 is 19.4 Å². The van der Waals surface area contributed by atoms with Crippen LogP contribution in [0.5, 0.6) is 0 Å². The van der Waals surface area contributed by atoms with Crippen LogP contribution in [0.4, 0.5) is 0 Å². The van der Waals surface area contributed by atoms with Crippen LogP contribution in [0.25, 0.3) is 0 Å². The molecule has 7 heteroatoms. The molecule has 1 unspecified atom stereocenters. The van der Waals surface area contributed by atoms with Gasteiger partial charge in [-0.15, -0.1) is 0 Å². The number of nitrogens with two attached hydrogens (primary N) is 1. The highest BCUT2D eigenvalue weighted by Gasteiger charge is 2.34. The number of rotatable bonds is 9. The first-order valence-corrected chi connectivity index (χ1v) is 9.76. The van der Waals surface area contributed by atoms with Gasteiger partial charge in [-0.05, 0) is 30.9 Å². The van der Waals surface area contributed by atoms with Crippen LogP contribution in [0, 0.1) is 5.92 Å². The van der Waals surface area contributed by atoms with Gasteiger partial charge in [0.2, 0.25) is 5.91 Å². The Kier molecular flexibility index (Phi) is 6.68. The molecular weight excluding hydrogens is 346 g/mol. The second kappa shape index (κ2) is 9.19. The molecule has 27 heavy (non-hydrogen) atoms. The Labute approximate surface area is 159 Å². The molecule has 5 N–H and O–H groups in total. The number of nitrogens with one attached hydrogen (secondary N) is 1. The summed E-state index contributed by atoms with van der Waals surface area (Å²) < 4.78 is 5.27. The number of carbonyl (C=O) groups is 1. The van der Waals surface area contributed by atoms with Crippen LogP contribution in [0.15, 0.2) is 29.0 Å². The van der Waals surface area contributed by atoms with Crippen LogP contribution in [0.3, 0.4) is 0 Å². The Bertz CT molecular complexity index is 707. The molecule has 1 amide bonds. The maximum atomic E-state index is 11.0. The smallest absolute Gasteiger partial charge is 0.217 e. The Morgan fingerprint density at radius 3 is 2.78 bits per heavy atom. The summed E-state index contributed by atoms with van der Waals surface area (Å²) in [6, 6.07) is 3.35. The highest BCUT2D eigenvalue weighted by Crippen LogP contribution is 2.37. The lowest BCUT2D eigenvalue weighted by Gasteiger charge is -2.30. The third-order valence-corrected chi connectivity index (χ3v) is 5.52. The molecule has 1 aliphatic carbocycles. The number of amides is 1. The van der Waals surface area contributed by atoms with Gasteiger partial charge < -0.3 is 25.3 Å². The van der Waals surface area contributed by atoms with Gasteiger partial charge >= 0.3 is 0 Å². The van der Waals surface area contributed by atoms with E-state index in [2.05, 4.69) is 9.97 Å². The Balaban J connectivity index is 1.77. The molecule has 0 bridgehead atoms. The van der Waals surface area contributed by atoms with Crippen LogP contribution in [-0.2, 0) is 11.2 Å². The van der Waals surface area contributed by atoms with E-state index < -0.39 is 12.2 Å². The van der Waals surface area contributed by atoms with Gasteiger partial charge in [0.05, 0.1) is 12.4 Å². The first kappa shape index (κ1) is 19.6.